The van der Waals surface area contributed by atoms with Crippen LogP contribution in [-0.2, 0) is 11.2 Å². The minimum Gasteiger partial charge on any atom is -0.464 e. The molecule has 0 aliphatic carbocycles. The number of aryl methyl sites for hydroxylation is 2. The SMILES string of the molecule is CCC(C)NC(=O)CCc1c(C)c2cc3c(C)coc3cc2oc1=O. The van der Waals surface area contributed by atoms with Crippen LogP contribution in [0.4, 0.5) is 0 Å². The minimum absolute atomic E-state index is 0.0469. The van der Waals surface area contributed by atoms with Crippen molar-refractivity contribution < 1.29 is 13.6 Å². The molecule has 1 unspecified atom stereocenters. The zero-order valence-electron chi connectivity index (χ0n) is 15.1. The lowest BCUT2D eigenvalue weighted by Gasteiger charge is -2.12. The summed E-state index contributed by atoms with van der Waals surface area (Å²) in [5, 5.41) is 4.81. The van der Waals surface area contributed by atoms with E-state index in [0.29, 0.717) is 23.2 Å². The number of carbonyl (C=O) groups is 1. The van der Waals surface area contributed by atoms with Crippen LogP contribution in [0.2, 0.25) is 0 Å². The van der Waals surface area contributed by atoms with Gasteiger partial charge in [-0.15, -0.1) is 0 Å². The Hall–Kier alpha value is -2.56. The molecule has 0 fully saturated rings. The number of benzene rings is 1. The highest BCUT2D eigenvalue weighted by atomic mass is 16.4. The van der Waals surface area contributed by atoms with Gasteiger partial charge in [0.1, 0.15) is 11.2 Å². The van der Waals surface area contributed by atoms with Crippen molar-refractivity contribution in [2.75, 3.05) is 0 Å². The molecule has 1 aromatic carbocycles. The highest BCUT2D eigenvalue weighted by Gasteiger charge is 2.15. The Bertz CT molecular complexity index is 996. The third-order valence-electron chi connectivity index (χ3n) is 4.80. The Balaban J connectivity index is 1.95. The Morgan fingerprint density at radius 2 is 1.96 bits per heavy atom. The van der Waals surface area contributed by atoms with Gasteiger partial charge in [-0.25, -0.2) is 4.79 Å². The summed E-state index contributed by atoms with van der Waals surface area (Å²) in [5.41, 5.74) is 3.30. The van der Waals surface area contributed by atoms with E-state index in [1.807, 2.05) is 33.8 Å². The standard InChI is InChI=1S/C20H23NO4/c1-5-12(3)21-19(22)7-6-14-13(4)16-8-15-11(2)10-24-17(15)9-18(16)25-20(14)23/h8-10,12H,5-7H2,1-4H3,(H,21,22). The van der Waals surface area contributed by atoms with E-state index in [9.17, 15) is 9.59 Å². The van der Waals surface area contributed by atoms with Crippen LogP contribution in [-0.4, -0.2) is 11.9 Å². The highest BCUT2D eigenvalue weighted by Crippen LogP contribution is 2.28. The van der Waals surface area contributed by atoms with E-state index in [1.165, 1.54) is 0 Å². The molecule has 1 amide bonds. The van der Waals surface area contributed by atoms with Crippen LogP contribution in [0.3, 0.4) is 0 Å². The zero-order chi connectivity index (χ0) is 18.1. The normalized spacial score (nSPS) is 12.6. The lowest BCUT2D eigenvalue weighted by molar-refractivity contribution is -0.121. The molecule has 2 aromatic heterocycles. The molecule has 0 saturated heterocycles. The summed E-state index contributed by atoms with van der Waals surface area (Å²) in [7, 11) is 0. The maximum absolute atomic E-state index is 12.4. The lowest BCUT2D eigenvalue weighted by atomic mass is 10.0. The van der Waals surface area contributed by atoms with Crippen LogP contribution in [0.15, 0.2) is 32.0 Å². The number of amides is 1. The summed E-state index contributed by atoms with van der Waals surface area (Å²) in [4.78, 5) is 24.4. The Morgan fingerprint density at radius 3 is 2.68 bits per heavy atom. The Morgan fingerprint density at radius 1 is 1.20 bits per heavy atom. The first-order valence-corrected chi connectivity index (χ1v) is 8.64. The number of carbonyl (C=O) groups excluding carboxylic acids is 1. The fourth-order valence-electron chi connectivity index (χ4n) is 3.01. The maximum atomic E-state index is 12.4. The molecule has 25 heavy (non-hydrogen) atoms. The first kappa shape index (κ1) is 17.3. The average Bonchev–Trinajstić information content (AvgIpc) is 2.93. The van der Waals surface area contributed by atoms with E-state index in [4.69, 9.17) is 8.83 Å². The summed E-state index contributed by atoms with van der Waals surface area (Å²) in [5.74, 6) is -0.0469. The monoisotopic (exact) mass is 341 g/mol. The second-order valence-electron chi connectivity index (χ2n) is 6.63. The van der Waals surface area contributed by atoms with Gasteiger partial charge in [0.15, 0.2) is 0 Å². The van der Waals surface area contributed by atoms with Gasteiger partial charge in [0.25, 0.3) is 0 Å². The summed E-state index contributed by atoms with van der Waals surface area (Å²) in [6, 6.07) is 3.88. The van der Waals surface area contributed by atoms with Gasteiger partial charge in [-0.05, 0) is 50.8 Å². The van der Waals surface area contributed by atoms with Gasteiger partial charge < -0.3 is 14.2 Å². The van der Waals surface area contributed by atoms with Crippen molar-refractivity contribution in [3.63, 3.8) is 0 Å². The van der Waals surface area contributed by atoms with Gasteiger partial charge in [-0.2, -0.15) is 0 Å². The van der Waals surface area contributed by atoms with Crippen LogP contribution in [0.25, 0.3) is 21.9 Å². The average molecular weight is 341 g/mol. The number of hydrogen-bond acceptors (Lipinski definition) is 4. The fourth-order valence-corrected chi connectivity index (χ4v) is 3.01. The molecule has 1 N–H and O–H groups in total. The number of furan rings is 1. The molecule has 3 aromatic rings. The van der Waals surface area contributed by atoms with Crippen molar-refractivity contribution in [1.29, 1.82) is 0 Å². The van der Waals surface area contributed by atoms with Crippen LogP contribution < -0.4 is 10.9 Å². The molecule has 3 rings (SSSR count). The number of rotatable bonds is 5. The van der Waals surface area contributed by atoms with Crippen molar-refractivity contribution in [2.45, 2.75) is 53.0 Å². The van der Waals surface area contributed by atoms with E-state index in [1.54, 1.807) is 12.3 Å². The van der Waals surface area contributed by atoms with Crippen molar-refractivity contribution in [1.82, 2.24) is 5.32 Å². The molecule has 5 nitrogen and oxygen atoms in total. The maximum Gasteiger partial charge on any atom is 0.339 e. The molecule has 5 heteroatoms. The third-order valence-corrected chi connectivity index (χ3v) is 4.80. The summed E-state index contributed by atoms with van der Waals surface area (Å²) >= 11 is 0. The fraction of sp³-hybridized carbons (Fsp3) is 0.400. The molecule has 1 atom stereocenters. The Kier molecular flexibility index (Phi) is 4.66. The topological polar surface area (TPSA) is 72.5 Å². The molecule has 0 bridgehead atoms. The molecule has 0 radical (unpaired) electrons. The van der Waals surface area contributed by atoms with Crippen molar-refractivity contribution in [3.8, 4) is 0 Å². The molecule has 0 aliphatic rings. The third kappa shape index (κ3) is 3.31. The zero-order valence-corrected chi connectivity index (χ0v) is 15.1. The first-order valence-electron chi connectivity index (χ1n) is 8.64. The largest absolute Gasteiger partial charge is 0.464 e. The van der Waals surface area contributed by atoms with Gasteiger partial charge >= 0.3 is 5.63 Å². The van der Waals surface area contributed by atoms with Gasteiger partial charge in [0, 0.05) is 34.9 Å². The first-order chi connectivity index (χ1) is 11.9. The smallest absolute Gasteiger partial charge is 0.339 e. The second kappa shape index (κ2) is 6.75. The van der Waals surface area contributed by atoms with Gasteiger partial charge in [-0.3, -0.25) is 4.79 Å². The van der Waals surface area contributed by atoms with E-state index in [0.717, 1.165) is 28.3 Å². The molecule has 0 aliphatic heterocycles. The van der Waals surface area contributed by atoms with Crippen LogP contribution in [0, 0.1) is 13.8 Å². The predicted molar refractivity (Wildman–Crippen MR) is 97.9 cm³/mol. The highest BCUT2D eigenvalue weighted by molar-refractivity contribution is 5.96. The van der Waals surface area contributed by atoms with Crippen LogP contribution >= 0.6 is 0 Å². The molecular formula is C20H23NO4. The lowest BCUT2D eigenvalue weighted by Crippen LogP contribution is -2.32. The summed E-state index contributed by atoms with van der Waals surface area (Å²) in [6.45, 7) is 7.87. The van der Waals surface area contributed by atoms with Crippen molar-refractivity contribution in [3.05, 3.63) is 45.5 Å². The number of nitrogens with one attached hydrogen (secondary N) is 1. The molecule has 2 heterocycles. The molecule has 0 saturated carbocycles. The van der Waals surface area contributed by atoms with E-state index < -0.39 is 0 Å². The van der Waals surface area contributed by atoms with Crippen LogP contribution in [0.1, 0.15) is 43.4 Å². The van der Waals surface area contributed by atoms with Crippen molar-refractivity contribution in [2.24, 2.45) is 0 Å². The van der Waals surface area contributed by atoms with E-state index in [2.05, 4.69) is 5.32 Å². The number of fused-ring (bicyclic) bond motifs is 2. The number of hydrogen-bond donors (Lipinski definition) is 1. The molecule has 132 valence electrons. The van der Waals surface area contributed by atoms with Crippen molar-refractivity contribution >= 4 is 27.8 Å². The summed E-state index contributed by atoms with van der Waals surface area (Å²) in [6.07, 6.45) is 3.21. The minimum atomic E-state index is -0.385. The summed E-state index contributed by atoms with van der Waals surface area (Å²) < 4.78 is 11.0. The predicted octanol–water partition coefficient (Wildman–Crippen LogP) is 4.00. The van der Waals surface area contributed by atoms with Gasteiger partial charge in [0.2, 0.25) is 5.91 Å². The van der Waals surface area contributed by atoms with Gasteiger partial charge in [0.05, 0.1) is 6.26 Å². The molecule has 0 spiro atoms. The van der Waals surface area contributed by atoms with Gasteiger partial charge in [-0.1, -0.05) is 6.92 Å². The Labute approximate surface area is 146 Å². The molecular weight excluding hydrogens is 318 g/mol. The quantitative estimate of drug-likeness (QED) is 0.712. The second-order valence-corrected chi connectivity index (χ2v) is 6.63. The van der Waals surface area contributed by atoms with Crippen LogP contribution in [0.5, 0.6) is 0 Å². The van der Waals surface area contributed by atoms with E-state index >= 15 is 0 Å². The van der Waals surface area contributed by atoms with E-state index in [-0.39, 0.29) is 24.0 Å².